The summed E-state index contributed by atoms with van der Waals surface area (Å²) >= 11 is 0. The Hall–Kier alpha value is -2.87. The average Bonchev–Trinajstić information content (AvgIpc) is 3.53. The van der Waals surface area contributed by atoms with Gasteiger partial charge in [0.05, 0.1) is 30.4 Å². The molecule has 1 fully saturated rings. The van der Waals surface area contributed by atoms with E-state index in [1.54, 1.807) is 24.3 Å². The number of benzene rings is 2. The van der Waals surface area contributed by atoms with E-state index in [4.69, 9.17) is 9.47 Å². The molecule has 0 aliphatic heterocycles. The molecule has 5 nitrogen and oxygen atoms in total. The minimum atomic E-state index is -4.40. The molecule has 1 N–H and O–H groups in total. The predicted octanol–water partition coefficient (Wildman–Crippen LogP) is 4.84. The van der Waals surface area contributed by atoms with Crippen LogP contribution < -0.4 is 5.32 Å². The Balaban J connectivity index is 1.64. The van der Waals surface area contributed by atoms with E-state index in [0.29, 0.717) is 11.1 Å². The molecule has 1 aliphatic rings. The third-order valence-electron chi connectivity index (χ3n) is 5.55. The van der Waals surface area contributed by atoms with Crippen LogP contribution >= 0.6 is 0 Å². The number of amides is 1. The molecule has 0 bridgehead atoms. The fourth-order valence-electron chi connectivity index (χ4n) is 3.51. The lowest BCUT2D eigenvalue weighted by atomic mass is 10.0. The normalized spacial score (nSPS) is 15.8. The first-order valence-electron chi connectivity index (χ1n) is 10.3. The summed E-state index contributed by atoms with van der Waals surface area (Å²) in [5.74, 6) is -0.842. The molecule has 8 heteroatoms. The molecule has 1 amide bonds. The van der Waals surface area contributed by atoms with Crippen molar-refractivity contribution in [3.05, 3.63) is 70.8 Å². The van der Waals surface area contributed by atoms with Crippen LogP contribution in [0.15, 0.2) is 48.5 Å². The van der Waals surface area contributed by atoms with Crippen molar-refractivity contribution in [3.63, 3.8) is 0 Å². The number of nitrogens with one attached hydrogen (secondary N) is 1. The number of hydrogen-bond acceptors (Lipinski definition) is 4. The molecule has 2 aromatic rings. The molecule has 0 unspecified atom stereocenters. The van der Waals surface area contributed by atoms with Gasteiger partial charge in [0.25, 0.3) is 0 Å². The SMILES string of the molecule is COC(=O)c1ccc(C2(NC(=O)[C@H](OCc3ccc(C(F)(F)F)cc3)C(C)C)CC2)cc1. The Morgan fingerprint density at radius 3 is 2.09 bits per heavy atom. The lowest BCUT2D eigenvalue weighted by Crippen LogP contribution is -2.44. The topological polar surface area (TPSA) is 64.6 Å². The lowest BCUT2D eigenvalue weighted by molar-refractivity contribution is -0.138. The third kappa shape index (κ3) is 5.48. The van der Waals surface area contributed by atoms with E-state index >= 15 is 0 Å². The number of ether oxygens (including phenoxy) is 2. The minimum Gasteiger partial charge on any atom is -0.465 e. The predicted molar refractivity (Wildman–Crippen MR) is 112 cm³/mol. The number of methoxy groups -OCH3 is 1. The maximum absolute atomic E-state index is 13.0. The fraction of sp³-hybridized carbons (Fsp3) is 0.417. The van der Waals surface area contributed by atoms with Crippen LogP contribution in [-0.2, 0) is 32.6 Å². The summed E-state index contributed by atoms with van der Waals surface area (Å²) in [7, 11) is 1.32. The summed E-state index contributed by atoms with van der Waals surface area (Å²) in [5, 5.41) is 3.06. The first-order chi connectivity index (χ1) is 15.1. The summed E-state index contributed by atoms with van der Waals surface area (Å²) in [6, 6.07) is 11.6. The fourth-order valence-corrected chi connectivity index (χ4v) is 3.51. The van der Waals surface area contributed by atoms with Crippen LogP contribution in [0.25, 0.3) is 0 Å². The second-order valence-electron chi connectivity index (χ2n) is 8.31. The van der Waals surface area contributed by atoms with Gasteiger partial charge in [-0.15, -0.1) is 0 Å². The number of alkyl halides is 3. The molecule has 1 saturated carbocycles. The average molecular weight is 449 g/mol. The quantitative estimate of drug-likeness (QED) is 0.586. The van der Waals surface area contributed by atoms with Crippen LogP contribution in [-0.4, -0.2) is 25.1 Å². The first kappa shape index (κ1) is 23.8. The van der Waals surface area contributed by atoms with Crippen molar-refractivity contribution in [2.45, 2.75) is 51.1 Å². The molecule has 32 heavy (non-hydrogen) atoms. The van der Waals surface area contributed by atoms with Crippen molar-refractivity contribution in [2.24, 2.45) is 5.92 Å². The smallest absolute Gasteiger partial charge is 0.416 e. The van der Waals surface area contributed by atoms with Crippen LogP contribution in [0.4, 0.5) is 13.2 Å². The Morgan fingerprint density at radius 1 is 1.03 bits per heavy atom. The summed E-state index contributed by atoms with van der Waals surface area (Å²) in [6.45, 7) is 3.72. The molecule has 0 saturated heterocycles. The van der Waals surface area contributed by atoms with Crippen molar-refractivity contribution in [1.82, 2.24) is 5.32 Å². The molecular formula is C24H26F3NO4. The number of rotatable bonds is 8. The zero-order valence-electron chi connectivity index (χ0n) is 18.2. The van der Waals surface area contributed by atoms with Crippen molar-refractivity contribution < 1.29 is 32.2 Å². The zero-order valence-corrected chi connectivity index (χ0v) is 18.2. The monoisotopic (exact) mass is 449 g/mol. The first-order valence-corrected chi connectivity index (χ1v) is 10.3. The van der Waals surface area contributed by atoms with Crippen LogP contribution in [0.5, 0.6) is 0 Å². The van der Waals surface area contributed by atoms with Gasteiger partial charge in [0.1, 0.15) is 6.10 Å². The zero-order chi connectivity index (χ0) is 23.5. The molecule has 0 spiro atoms. The Morgan fingerprint density at radius 2 is 1.62 bits per heavy atom. The van der Waals surface area contributed by atoms with E-state index in [9.17, 15) is 22.8 Å². The number of hydrogen-bond donors (Lipinski definition) is 1. The summed E-state index contributed by atoms with van der Waals surface area (Å²) in [4.78, 5) is 24.6. The van der Waals surface area contributed by atoms with Crippen molar-refractivity contribution in [2.75, 3.05) is 7.11 Å². The Labute approximate surface area is 184 Å². The second kappa shape index (κ2) is 9.32. The highest BCUT2D eigenvalue weighted by atomic mass is 19.4. The molecule has 172 valence electrons. The van der Waals surface area contributed by atoms with Gasteiger partial charge in [-0.05, 0) is 54.2 Å². The molecule has 0 aromatic heterocycles. The Bertz CT molecular complexity index is 949. The van der Waals surface area contributed by atoms with Crippen LogP contribution in [0, 0.1) is 5.92 Å². The van der Waals surface area contributed by atoms with Gasteiger partial charge in [0, 0.05) is 0 Å². The number of esters is 1. The second-order valence-corrected chi connectivity index (χ2v) is 8.31. The van der Waals surface area contributed by atoms with Crippen molar-refractivity contribution >= 4 is 11.9 Å². The van der Waals surface area contributed by atoms with Crippen LogP contribution in [0.1, 0.15) is 53.7 Å². The van der Waals surface area contributed by atoms with E-state index in [2.05, 4.69) is 5.32 Å². The minimum absolute atomic E-state index is 0.0230. The summed E-state index contributed by atoms with van der Waals surface area (Å²) in [6.07, 6.45) is -3.63. The third-order valence-corrected chi connectivity index (χ3v) is 5.55. The van der Waals surface area contributed by atoms with Gasteiger partial charge in [0.2, 0.25) is 5.91 Å². The molecule has 1 atom stereocenters. The molecule has 0 radical (unpaired) electrons. The molecule has 2 aromatic carbocycles. The van der Waals surface area contributed by atoms with Gasteiger partial charge in [-0.25, -0.2) is 4.79 Å². The van der Waals surface area contributed by atoms with E-state index < -0.39 is 29.4 Å². The molecular weight excluding hydrogens is 423 g/mol. The molecule has 3 rings (SSSR count). The van der Waals surface area contributed by atoms with Gasteiger partial charge in [-0.1, -0.05) is 38.1 Å². The van der Waals surface area contributed by atoms with E-state index in [1.807, 2.05) is 13.8 Å². The van der Waals surface area contributed by atoms with E-state index in [-0.39, 0.29) is 18.4 Å². The number of carbonyl (C=O) groups is 2. The maximum atomic E-state index is 13.0. The standard InChI is InChI=1S/C24H26F3NO4/c1-15(2)20(32-14-16-4-8-19(9-5-16)24(25,26)27)21(29)28-23(12-13-23)18-10-6-17(7-11-18)22(30)31-3/h4-11,15,20H,12-14H2,1-3H3,(H,28,29)/t20-/m1/s1. The van der Waals surface area contributed by atoms with Crippen molar-refractivity contribution in [3.8, 4) is 0 Å². The highest BCUT2D eigenvalue weighted by molar-refractivity contribution is 5.89. The Kier molecular flexibility index (Phi) is 6.93. The largest absolute Gasteiger partial charge is 0.465 e. The van der Waals surface area contributed by atoms with Gasteiger partial charge in [0.15, 0.2) is 0 Å². The molecule has 1 aliphatic carbocycles. The molecule has 0 heterocycles. The van der Waals surface area contributed by atoms with Gasteiger partial charge in [-0.3, -0.25) is 4.79 Å². The highest BCUT2D eigenvalue weighted by Gasteiger charge is 2.47. The van der Waals surface area contributed by atoms with Gasteiger partial charge >= 0.3 is 12.1 Å². The van der Waals surface area contributed by atoms with Gasteiger partial charge < -0.3 is 14.8 Å². The van der Waals surface area contributed by atoms with Crippen molar-refractivity contribution in [1.29, 1.82) is 0 Å². The van der Waals surface area contributed by atoms with E-state index in [0.717, 1.165) is 30.5 Å². The number of halogens is 3. The maximum Gasteiger partial charge on any atom is 0.416 e. The van der Waals surface area contributed by atoms with Crippen LogP contribution in [0.3, 0.4) is 0 Å². The van der Waals surface area contributed by atoms with Crippen LogP contribution in [0.2, 0.25) is 0 Å². The number of carbonyl (C=O) groups excluding carboxylic acids is 2. The van der Waals surface area contributed by atoms with Gasteiger partial charge in [-0.2, -0.15) is 13.2 Å². The lowest BCUT2D eigenvalue weighted by Gasteiger charge is -2.25. The van der Waals surface area contributed by atoms with E-state index in [1.165, 1.54) is 19.2 Å². The highest BCUT2D eigenvalue weighted by Crippen LogP contribution is 2.45. The summed E-state index contributed by atoms with van der Waals surface area (Å²) in [5.41, 5.74) is 0.641. The summed E-state index contributed by atoms with van der Waals surface area (Å²) < 4.78 is 48.7.